The van der Waals surface area contributed by atoms with E-state index in [4.69, 9.17) is 4.74 Å². The number of aliphatic imine (C=N–C) groups is 1. The molecule has 3 aromatic rings. The van der Waals surface area contributed by atoms with Crippen molar-refractivity contribution in [3.8, 4) is 0 Å². The Morgan fingerprint density at radius 1 is 1.03 bits per heavy atom. The third-order valence-corrected chi connectivity index (χ3v) is 6.91. The minimum absolute atomic E-state index is 0.223. The third-order valence-electron chi connectivity index (χ3n) is 6.91. The van der Waals surface area contributed by atoms with Crippen LogP contribution in [0, 0.1) is 0 Å². The summed E-state index contributed by atoms with van der Waals surface area (Å²) in [4.78, 5) is 31.2. The Balaban J connectivity index is 1.15. The quantitative estimate of drug-likeness (QED) is 0.452. The monoisotopic (exact) mass is 496 g/mol. The molecule has 0 spiro atoms. The number of carbonyl (C=O) groups is 2. The molecular formula is C30H32N4O3. The number of amides is 1. The van der Waals surface area contributed by atoms with Crippen LogP contribution in [0.15, 0.2) is 71.7 Å². The molecular weight excluding hydrogens is 464 g/mol. The number of benzene rings is 3. The summed E-state index contributed by atoms with van der Waals surface area (Å²) in [7, 11) is 1.33. The van der Waals surface area contributed by atoms with Crippen molar-refractivity contribution in [3.63, 3.8) is 0 Å². The minimum Gasteiger partial charge on any atom is -0.465 e. The van der Waals surface area contributed by atoms with Crippen LogP contribution in [0.3, 0.4) is 0 Å². The first-order valence-corrected chi connectivity index (χ1v) is 12.7. The molecule has 1 atom stereocenters. The Morgan fingerprint density at radius 3 is 2.76 bits per heavy atom. The van der Waals surface area contributed by atoms with E-state index in [-0.39, 0.29) is 5.91 Å². The number of hydrogen-bond acceptors (Lipinski definition) is 6. The van der Waals surface area contributed by atoms with E-state index >= 15 is 0 Å². The number of nitrogens with zero attached hydrogens (tertiary/aromatic N) is 2. The number of likely N-dealkylation sites (tertiary alicyclic amines) is 1. The van der Waals surface area contributed by atoms with Crippen molar-refractivity contribution < 1.29 is 14.3 Å². The summed E-state index contributed by atoms with van der Waals surface area (Å²) in [5.74, 6) is -0.682. The molecule has 3 aromatic carbocycles. The lowest BCUT2D eigenvalue weighted by Gasteiger charge is -2.34. The molecule has 37 heavy (non-hydrogen) atoms. The topological polar surface area (TPSA) is 83.0 Å². The summed E-state index contributed by atoms with van der Waals surface area (Å²) in [6, 6.07) is 21.9. The van der Waals surface area contributed by atoms with Crippen molar-refractivity contribution in [2.75, 3.05) is 25.5 Å². The molecule has 7 heteroatoms. The second kappa shape index (κ2) is 11.4. The number of carbonyl (C=O) groups excluding carboxylic acids is 2. The van der Waals surface area contributed by atoms with Gasteiger partial charge in [-0.25, -0.2) is 4.79 Å². The fourth-order valence-corrected chi connectivity index (χ4v) is 5.03. The Morgan fingerprint density at radius 2 is 1.86 bits per heavy atom. The van der Waals surface area contributed by atoms with E-state index in [0.29, 0.717) is 23.7 Å². The van der Waals surface area contributed by atoms with Gasteiger partial charge in [-0.05, 0) is 72.0 Å². The average Bonchev–Trinajstić information content (AvgIpc) is 3.40. The molecule has 0 radical (unpaired) electrons. The fourth-order valence-electron chi connectivity index (χ4n) is 5.03. The van der Waals surface area contributed by atoms with E-state index in [1.54, 1.807) is 24.3 Å². The van der Waals surface area contributed by atoms with Crippen LogP contribution in [-0.2, 0) is 24.4 Å². The maximum atomic E-state index is 12.6. The minimum atomic E-state index is -0.459. The molecule has 5 rings (SSSR count). The van der Waals surface area contributed by atoms with Crippen LogP contribution in [0.4, 0.5) is 5.69 Å². The highest BCUT2D eigenvalue weighted by molar-refractivity contribution is 5.97. The summed E-state index contributed by atoms with van der Waals surface area (Å²) in [6.07, 6.45) is 4.28. The normalized spacial score (nSPS) is 16.7. The molecule has 1 unspecified atom stereocenters. The summed E-state index contributed by atoms with van der Waals surface area (Å²) < 4.78 is 4.74. The third kappa shape index (κ3) is 6.24. The SMILES string of the molecule is COC(=O)c1cccc(C(=O)NCc2cccc(CN3CCCC(Nc4ccc5c(c4)C=NC5)C3)c2)c1. The molecule has 2 aliphatic heterocycles. The number of anilines is 1. The Hall–Kier alpha value is -3.97. The largest absolute Gasteiger partial charge is 0.465 e. The predicted molar refractivity (Wildman–Crippen MR) is 145 cm³/mol. The number of ether oxygens (including phenoxy) is 1. The van der Waals surface area contributed by atoms with Crippen molar-refractivity contribution in [1.82, 2.24) is 10.2 Å². The lowest BCUT2D eigenvalue weighted by molar-refractivity contribution is 0.0600. The molecule has 2 N–H and O–H groups in total. The van der Waals surface area contributed by atoms with Gasteiger partial charge < -0.3 is 15.4 Å². The van der Waals surface area contributed by atoms with E-state index in [1.807, 2.05) is 18.3 Å². The van der Waals surface area contributed by atoms with Gasteiger partial charge in [-0.1, -0.05) is 36.4 Å². The smallest absolute Gasteiger partial charge is 0.337 e. The highest BCUT2D eigenvalue weighted by Gasteiger charge is 2.20. The van der Waals surface area contributed by atoms with Crippen molar-refractivity contribution >= 4 is 23.8 Å². The Labute approximate surface area is 217 Å². The first-order valence-electron chi connectivity index (χ1n) is 12.7. The fraction of sp³-hybridized carbons (Fsp3) is 0.300. The number of piperidine rings is 1. The lowest BCUT2D eigenvalue weighted by Crippen LogP contribution is -2.41. The number of esters is 1. The van der Waals surface area contributed by atoms with Crippen molar-refractivity contribution in [2.24, 2.45) is 4.99 Å². The van der Waals surface area contributed by atoms with Crippen LogP contribution < -0.4 is 10.6 Å². The van der Waals surface area contributed by atoms with E-state index < -0.39 is 5.97 Å². The van der Waals surface area contributed by atoms with Gasteiger partial charge in [0.2, 0.25) is 0 Å². The van der Waals surface area contributed by atoms with Gasteiger partial charge in [0, 0.05) is 43.1 Å². The van der Waals surface area contributed by atoms with Crippen LogP contribution >= 0.6 is 0 Å². The van der Waals surface area contributed by atoms with Gasteiger partial charge in [0.05, 0.1) is 19.2 Å². The van der Waals surface area contributed by atoms with E-state index in [9.17, 15) is 9.59 Å². The van der Waals surface area contributed by atoms with E-state index in [1.165, 1.54) is 23.8 Å². The molecule has 7 nitrogen and oxygen atoms in total. The van der Waals surface area contributed by atoms with Crippen LogP contribution in [0.25, 0.3) is 0 Å². The Kier molecular flexibility index (Phi) is 7.61. The molecule has 2 heterocycles. The standard InChI is InChI=1S/C30H32N4O3/c1-37-30(36)24-8-3-7-23(14-24)29(35)32-16-21-5-2-6-22(13-21)19-34-12-4-9-28(20-34)33-27-11-10-25-17-31-18-26(25)15-27/h2-3,5-8,10-11,13-15,18,28,33H,4,9,12,16-17,19-20H2,1H3,(H,32,35). The molecule has 1 amide bonds. The second-order valence-corrected chi connectivity index (χ2v) is 9.68. The zero-order valence-electron chi connectivity index (χ0n) is 21.1. The molecule has 1 fully saturated rings. The molecule has 0 aliphatic carbocycles. The number of rotatable bonds is 8. The first kappa shape index (κ1) is 24.7. The zero-order valence-corrected chi connectivity index (χ0v) is 21.1. The van der Waals surface area contributed by atoms with Crippen molar-refractivity contribution in [2.45, 2.75) is 38.5 Å². The van der Waals surface area contributed by atoms with Crippen LogP contribution in [0.2, 0.25) is 0 Å². The average molecular weight is 497 g/mol. The van der Waals surface area contributed by atoms with Gasteiger partial charge in [0.15, 0.2) is 0 Å². The predicted octanol–water partition coefficient (Wildman–Crippen LogP) is 4.41. The molecule has 0 saturated carbocycles. The van der Waals surface area contributed by atoms with Crippen molar-refractivity contribution in [3.05, 3.63) is 100 Å². The van der Waals surface area contributed by atoms with E-state index in [2.05, 4.69) is 50.9 Å². The Bertz CT molecular complexity index is 1320. The van der Waals surface area contributed by atoms with Gasteiger partial charge in [0.1, 0.15) is 0 Å². The molecule has 0 bridgehead atoms. The zero-order chi connectivity index (χ0) is 25.6. The van der Waals surface area contributed by atoms with Crippen LogP contribution in [0.5, 0.6) is 0 Å². The molecule has 2 aliphatic rings. The van der Waals surface area contributed by atoms with Gasteiger partial charge in [-0.3, -0.25) is 14.7 Å². The molecule has 0 aromatic heterocycles. The maximum absolute atomic E-state index is 12.6. The highest BCUT2D eigenvalue weighted by atomic mass is 16.5. The maximum Gasteiger partial charge on any atom is 0.337 e. The molecule has 190 valence electrons. The summed E-state index contributed by atoms with van der Waals surface area (Å²) in [5, 5.41) is 6.68. The summed E-state index contributed by atoms with van der Waals surface area (Å²) >= 11 is 0. The van der Waals surface area contributed by atoms with Gasteiger partial charge >= 0.3 is 5.97 Å². The van der Waals surface area contributed by atoms with E-state index in [0.717, 1.165) is 50.3 Å². The first-order chi connectivity index (χ1) is 18.1. The highest BCUT2D eigenvalue weighted by Crippen LogP contribution is 2.22. The number of fused-ring (bicyclic) bond motifs is 1. The van der Waals surface area contributed by atoms with Crippen LogP contribution in [-0.4, -0.2) is 49.2 Å². The summed E-state index contributed by atoms with van der Waals surface area (Å²) in [5.41, 5.74) is 6.74. The molecule has 1 saturated heterocycles. The van der Waals surface area contributed by atoms with Gasteiger partial charge in [-0.15, -0.1) is 0 Å². The van der Waals surface area contributed by atoms with Crippen molar-refractivity contribution in [1.29, 1.82) is 0 Å². The second-order valence-electron chi connectivity index (χ2n) is 9.68. The lowest BCUT2D eigenvalue weighted by atomic mass is 10.0. The number of methoxy groups -OCH3 is 1. The number of hydrogen-bond donors (Lipinski definition) is 2. The van der Waals surface area contributed by atoms with Crippen LogP contribution in [0.1, 0.15) is 55.8 Å². The van der Waals surface area contributed by atoms with Gasteiger partial charge in [0.25, 0.3) is 5.91 Å². The summed E-state index contributed by atoms with van der Waals surface area (Å²) in [6.45, 7) is 4.15. The van der Waals surface area contributed by atoms with Gasteiger partial charge in [-0.2, -0.15) is 0 Å². The number of nitrogens with one attached hydrogen (secondary N) is 2.